The second kappa shape index (κ2) is 9.35. The van der Waals surface area contributed by atoms with Crippen molar-refractivity contribution in [2.24, 2.45) is 0 Å². The summed E-state index contributed by atoms with van der Waals surface area (Å²) in [5, 5.41) is 2.72. The molecule has 0 saturated carbocycles. The Labute approximate surface area is 168 Å². The molecule has 0 unspecified atom stereocenters. The maximum Gasteiger partial charge on any atom is 0.243 e. The highest BCUT2D eigenvalue weighted by atomic mass is 32.2. The number of carbonyl (C=O) groups excluding carboxylic acids is 1. The van der Waals surface area contributed by atoms with Crippen LogP contribution in [0.5, 0.6) is 0 Å². The van der Waals surface area contributed by atoms with Crippen molar-refractivity contribution in [3.63, 3.8) is 0 Å². The molecule has 3 aromatic rings. The van der Waals surface area contributed by atoms with Crippen LogP contribution in [0.3, 0.4) is 0 Å². The summed E-state index contributed by atoms with van der Waals surface area (Å²) in [6.45, 7) is 0.133. The molecule has 7 nitrogen and oxygen atoms in total. The number of pyridine rings is 2. The van der Waals surface area contributed by atoms with Crippen molar-refractivity contribution in [2.75, 3.05) is 6.54 Å². The van der Waals surface area contributed by atoms with Crippen molar-refractivity contribution < 1.29 is 17.6 Å². The van der Waals surface area contributed by atoms with Gasteiger partial charge in [0, 0.05) is 43.7 Å². The molecule has 2 heterocycles. The molecule has 9 heteroatoms. The Hall–Kier alpha value is -3.17. The van der Waals surface area contributed by atoms with Gasteiger partial charge < -0.3 is 5.32 Å². The first kappa shape index (κ1) is 20.6. The van der Waals surface area contributed by atoms with Crippen molar-refractivity contribution in [2.45, 2.75) is 17.9 Å². The Morgan fingerprint density at radius 1 is 1.07 bits per heavy atom. The van der Waals surface area contributed by atoms with Crippen LogP contribution >= 0.6 is 0 Å². The van der Waals surface area contributed by atoms with Gasteiger partial charge in [-0.15, -0.1) is 0 Å². The van der Waals surface area contributed by atoms with Gasteiger partial charge in [-0.1, -0.05) is 12.1 Å². The second-order valence-electron chi connectivity index (χ2n) is 6.15. The van der Waals surface area contributed by atoms with Crippen LogP contribution in [0.1, 0.15) is 12.0 Å². The van der Waals surface area contributed by atoms with Crippen molar-refractivity contribution >= 4 is 15.9 Å². The molecule has 0 saturated heterocycles. The molecule has 0 radical (unpaired) electrons. The van der Waals surface area contributed by atoms with E-state index >= 15 is 0 Å². The first-order chi connectivity index (χ1) is 14.0. The molecule has 1 aromatic carbocycles. The van der Waals surface area contributed by atoms with Crippen LogP contribution in [0.4, 0.5) is 4.39 Å². The van der Waals surface area contributed by atoms with Crippen LogP contribution in [0, 0.1) is 5.82 Å². The van der Waals surface area contributed by atoms with Gasteiger partial charge in [-0.25, -0.2) is 17.5 Å². The number of hydrogen-bond donors (Lipinski definition) is 2. The summed E-state index contributed by atoms with van der Waals surface area (Å²) in [6.07, 6.45) is 4.95. The predicted molar refractivity (Wildman–Crippen MR) is 106 cm³/mol. The van der Waals surface area contributed by atoms with Crippen LogP contribution in [0.2, 0.25) is 0 Å². The fourth-order valence-corrected chi connectivity index (χ4v) is 3.69. The summed E-state index contributed by atoms with van der Waals surface area (Å²) in [5.41, 5.74) is 2.45. The summed E-state index contributed by atoms with van der Waals surface area (Å²) in [6, 6.07) is 12.4. The molecule has 0 bridgehead atoms. The van der Waals surface area contributed by atoms with E-state index in [9.17, 15) is 17.6 Å². The second-order valence-corrected chi connectivity index (χ2v) is 7.88. The lowest BCUT2D eigenvalue weighted by atomic mass is 10.1. The monoisotopic (exact) mass is 414 g/mol. The van der Waals surface area contributed by atoms with E-state index in [2.05, 4.69) is 20.0 Å². The molecular formula is C20H19FN4O3S. The van der Waals surface area contributed by atoms with Crippen LogP contribution in [0.25, 0.3) is 11.3 Å². The van der Waals surface area contributed by atoms with E-state index in [0.717, 1.165) is 22.9 Å². The molecule has 0 spiro atoms. The van der Waals surface area contributed by atoms with Gasteiger partial charge in [0.05, 0.1) is 5.69 Å². The number of amides is 1. The number of nitrogens with zero attached hydrogens (tertiary/aromatic N) is 2. The number of benzene rings is 1. The predicted octanol–water partition coefficient (Wildman–Crippen LogP) is 2.27. The maximum atomic E-state index is 13.6. The van der Waals surface area contributed by atoms with Gasteiger partial charge in [-0.05, 0) is 42.0 Å². The molecule has 3 rings (SSSR count). The summed E-state index contributed by atoms with van der Waals surface area (Å²) in [7, 11) is -4.01. The standard InChI is InChI=1S/C20H19FN4O3S/c21-17-5-1-2-6-19(17)29(27,28)25-11-8-20(26)24-13-15-7-10-23-18(12-15)16-4-3-9-22-14-16/h1-7,9-10,12,14,25H,8,11,13H2,(H,24,26). The highest BCUT2D eigenvalue weighted by Crippen LogP contribution is 2.16. The number of carbonyl (C=O) groups is 1. The van der Waals surface area contributed by atoms with Gasteiger partial charge in [0.1, 0.15) is 10.7 Å². The molecule has 0 aliphatic heterocycles. The van der Waals surface area contributed by atoms with Crippen molar-refractivity contribution in [1.82, 2.24) is 20.0 Å². The maximum absolute atomic E-state index is 13.6. The minimum atomic E-state index is -4.01. The third kappa shape index (κ3) is 5.66. The molecule has 0 aliphatic carbocycles. The number of nitrogens with one attached hydrogen (secondary N) is 2. The minimum Gasteiger partial charge on any atom is -0.352 e. The number of sulfonamides is 1. The summed E-state index contributed by atoms with van der Waals surface area (Å²) < 4.78 is 40.0. The zero-order valence-corrected chi connectivity index (χ0v) is 16.2. The first-order valence-electron chi connectivity index (χ1n) is 8.82. The highest BCUT2D eigenvalue weighted by Gasteiger charge is 2.18. The van der Waals surface area contributed by atoms with Crippen LogP contribution in [-0.4, -0.2) is 30.8 Å². The van der Waals surface area contributed by atoms with E-state index in [-0.39, 0.29) is 25.4 Å². The normalized spacial score (nSPS) is 11.2. The lowest BCUT2D eigenvalue weighted by Crippen LogP contribution is -2.31. The quantitative estimate of drug-likeness (QED) is 0.589. The summed E-state index contributed by atoms with van der Waals surface area (Å²) in [4.78, 5) is 19.9. The third-order valence-electron chi connectivity index (χ3n) is 4.04. The Morgan fingerprint density at radius 2 is 1.90 bits per heavy atom. The average molecular weight is 414 g/mol. The molecule has 2 aromatic heterocycles. The minimum absolute atomic E-state index is 0.0752. The molecule has 2 N–H and O–H groups in total. The van der Waals surface area contributed by atoms with Crippen molar-refractivity contribution in [3.05, 3.63) is 78.5 Å². The molecule has 0 fully saturated rings. The largest absolute Gasteiger partial charge is 0.352 e. The SMILES string of the molecule is O=C(CCNS(=O)(=O)c1ccccc1F)NCc1ccnc(-c2cccnc2)c1. The number of aromatic nitrogens is 2. The van der Waals surface area contributed by atoms with E-state index in [1.165, 1.54) is 18.2 Å². The van der Waals surface area contributed by atoms with E-state index in [1.807, 2.05) is 18.2 Å². The van der Waals surface area contributed by atoms with Gasteiger partial charge >= 0.3 is 0 Å². The van der Waals surface area contributed by atoms with Crippen LogP contribution in [-0.2, 0) is 21.4 Å². The number of hydrogen-bond acceptors (Lipinski definition) is 5. The fourth-order valence-electron chi connectivity index (χ4n) is 2.58. The van der Waals surface area contributed by atoms with Gasteiger partial charge in [0.25, 0.3) is 0 Å². The molecule has 0 aliphatic rings. The summed E-state index contributed by atoms with van der Waals surface area (Å²) >= 11 is 0. The Bertz CT molecular complexity index is 1090. The van der Waals surface area contributed by atoms with E-state index < -0.39 is 20.7 Å². The van der Waals surface area contributed by atoms with E-state index in [1.54, 1.807) is 24.7 Å². The zero-order chi connectivity index (χ0) is 20.7. The Morgan fingerprint density at radius 3 is 2.66 bits per heavy atom. The van der Waals surface area contributed by atoms with Gasteiger partial charge in [-0.2, -0.15) is 0 Å². The zero-order valence-electron chi connectivity index (χ0n) is 15.4. The van der Waals surface area contributed by atoms with Gasteiger partial charge in [0.15, 0.2) is 0 Å². The molecule has 29 heavy (non-hydrogen) atoms. The van der Waals surface area contributed by atoms with Gasteiger partial charge in [0.2, 0.25) is 15.9 Å². The molecular weight excluding hydrogens is 395 g/mol. The lowest BCUT2D eigenvalue weighted by molar-refractivity contribution is -0.121. The third-order valence-corrected chi connectivity index (χ3v) is 5.54. The van der Waals surface area contributed by atoms with Crippen LogP contribution < -0.4 is 10.0 Å². The van der Waals surface area contributed by atoms with E-state index in [4.69, 9.17) is 0 Å². The topological polar surface area (TPSA) is 101 Å². The summed E-state index contributed by atoms with van der Waals surface area (Å²) in [5.74, 6) is -1.17. The average Bonchev–Trinajstić information content (AvgIpc) is 2.73. The smallest absolute Gasteiger partial charge is 0.243 e. The van der Waals surface area contributed by atoms with Crippen LogP contribution in [0.15, 0.2) is 72.0 Å². The fraction of sp³-hybridized carbons (Fsp3) is 0.150. The molecule has 0 atom stereocenters. The highest BCUT2D eigenvalue weighted by molar-refractivity contribution is 7.89. The lowest BCUT2D eigenvalue weighted by Gasteiger charge is -2.09. The van der Waals surface area contributed by atoms with E-state index in [0.29, 0.717) is 0 Å². The number of halogens is 1. The number of rotatable bonds is 8. The molecule has 1 amide bonds. The molecule has 150 valence electrons. The first-order valence-corrected chi connectivity index (χ1v) is 10.3. The Balaban J connectivity index is 1.50. The van der Waals surface area contributed by atoms with Crippen molar-refractivity contribution in [1.29, 1.82) is 0 Å². The van der Waals surface area contributed by atoms with Crippen molar-refractivity contribution in [3.8, 4) is 11.3 Å². The van der Waals surface area contributed by atoms with Gasteiger partial charge in [-0.3, -0.25) is 14.8 Å². The Kier molecular flexibility index (Phi) is 6.63.